The number of methoxy groups -OCH3 is 1. The quantitative estimate of drug-likeness (QED) is 0.871. The smallest absolute Gasteiger partial charge is 0.168 e. The van der Waals surface area contributed by atoms with Crippen LogP contribution in [0.4, 0.5) is 11.6 Å². The number of anilines is 2. The summed E-state index contributed by atoms with van der Waals surface area (Å²) in [6.45, 7) is 2.60. The molecule has 2 aromatic rings. The van der Waals surface area contributed by atoms with Gasteiger partial charge in [-0.3, -0.25) is 0 Å². The van der Waals surface area contributed by atoms with Crippen LogP contribution in [0.25, 0.3) is 5.69 Å². The highest BCUT2D eigenvalue weighted by molar-refractivity contribution is 5.66. The van der Waals surface area contributed by atoms with E-state index in [4.69, 9.17) is 15.7 Å². The first-order valence-corrected chi connectivity index (χ1v) is 5.88. The van der Waals surface area contributed by atoms with Gasteiger partial charge in [-0.2, -0.15) is 5.26 Å². The van der Waals surface area contributed by atoms with Crippen molar-refractivity contribution in [3.05, 3.63) is 29.8 Å². The molecule has 1 heterocycles. The van der Waals surface area contributed by atoms with Gasteiger partial charge in [0.25, 0.3) is 0 Å². The molecular weight excluding hydrogens is 242 g/mol. The third kappa shape index (κ3) is 2.31. The standard InChI is InChI=1S/C13H15N5O/c1-3-16-13-11(8-14)12(15)18(17-13)9-5-4-6-10(7-9)19-2/h4-7H,3,15H2,1-2H3,(H,16,17). The Bertz CT molecular complexity index is 626. The van der Waals surface area contributed by atoms with Gasteiger partial charge in [0.1, 0.15) is 23.2 Å². The van der Waals surface area contributed by atoms with Crippen LogP contribution in [-0.2, 0) is 0 Å². The average Bonchev–Trinajstić information content (AvgIpc) is 2.75. The summed E-state index contributed by atoms with van der Waals surface area (Å²) in [5.74, 6) is 1.51. The van der Waals surface area contributed by atoms with E-state index in [1.807, 2.05) is 25.1 Å². The van der Waals surface area contributed by atoms with Gasteiger partial charge in [-0.25, -0.2) is 4.68 Å². The van der Waals surface area contributed by atoms with Gasteiger partial charge in [0.2, 0.25) is 0 Å². The van der Waals surface area contributed by atoms with Crippen LogP contribution in [0.2, 0.25) is 0 Å². The molecule has 0 aliphatic heterocycles. The lowest BCUT2D eigenvalue weighted by Gasteiger charge is -2.05. The van der Waals surface area contributed by atoms with Crippen molar-refractivity contribution in [1.82, 2.24) is 9.78 Å². The van der Waals surface area contributed by atoms with Crippen LogP contribution < -0.4 is 15.8 Å². The first-order chi connectivity index (χ1) is 9.21. The molecule has 98 valence electrons. The summed E-state index contributed by atoms with van der Waals surface area (Å²) in [6, 6.07) is 9.40. The minimum Gasteiger partial charge on any atom is -0.497 e. The fourth-order valence-electron chi connectivity index (χ4n) is 1.77. The van der Waals surface area contributed by atoms with Crippen LogP contribution >= 0.6 is 0 Å². The summed E-state index contributed by atoms with van der Waals surface area (Å²) < 4.78 is 6.69. The summed E-state index contributed by atoms with van der Waals surface area (Å²) in [5, 5.41) is 16.5. The Morgan fingerprint density at radius 3 is 2.95 bits per heavy atom. The maximum Gasteiger partial charge on any atom is 0.168 e. The number of nitrogens with one attached hydrogen (secondary N) is 1. The highest BCUT2D eigenvalue weighted by Crippen LogP contribution is 2.25. The maximum atomic E-state index is 9.14. The molecule has 6 nitrogen and oxygen atoms in total. The van der Waals surface area contributed by atoms with Crippen LogP contribution in [-0.4, -0.2) is 23.4 Å². The molecule has 0 fully saturated rings. The van der Waals surface area contributed by atoms with Gasteiger partial charge in [0.05, 0.1) is 12.8 Å². The number of hydrogen-bond donors (Lipinski definition) is 2. The van der Waals surface area contributed by atoms with E-state index in [2.05, 4.69) is 16.5 Å². The molecule has 0 spiro atoms. The van der Waals surface area contributed by atoms with E-state index in [9.17, 15) is 0 Å². The fourth-order valence-corrected chi connectivity index (χ4v) is 1.77. The van der Waals surface area contributed by atoms with Crippen molar-refractivity contribution in [1.29, 1.82) is 5.26 Å². The van der Waals surface area contributed by atoms with Gasteiger partial charge >= 0.3 is 0 Å². The first-order valence-electron chi connectivity index (χ1n) is 5.88. The normalized spacial score (nSPS) is 9.95. The lowest BCUT2D eigenvalue weighted by atomic mass is 10.3. The maximum absolute atomic E-state index is 9.14. The van der Waals surface area contributed by atoms with Gasteiger partial charge in [-0.1, -0.05) is 6.07 Å². The summed E-state index contributed by atoms with van der Waals surface area (Å²) >= 11 is 0. The van der Waals surface area contributed by atoms with E-state index in [1.54, 1.807) is 13.2 Å². The zero-order chi connectivity index (χ0) is 13.8. The summed E-state index contributed by atoms with van der Waals surface area (Å²) in [6.07, 6.45) is 0. The molecule has 0 saturated heterocycles. The summed E-state index contributed by atoms with van der Waals surface area (Å²) in [5.41, 5.74) is 7.06. The predicted molar refractivity (Wildman–Crippen MR) is 73.4 cm³/mol. The Morgan fingerprint density at radius 1 is 1.53 bits per heavy atom. The number of benzene rings is 1. The van der Waals surface area contributed by atoms with E-state index in [0.29, 0.717) is 29.5 Å². The van der Waals surface area contributed by atoms with Gasteiger partial charge in [-0.05, 0) is 19.1 Å². The Hall–Kier alpha value is -2.68. The van der Waals surface area contributed by atoms with Crippen LogP contribution in [0.1, 0.15) is 12.5 Å². The zero-order valence-electron chi connectivity index (χ0n) is 10.8. The molecule has 6 heteroatoms. The lowest BCUT2D eigenvalue weighted by Crippen LogP contribution is -2.03. The molecule has 3 N–H and O–H groups in total. The van der Waals surface area contributed by atoms with E-state index in [-0.39, 0.29) is 0 Å². The van der Waals surface area contributed by atoms with E-state index in [0.717, 1.165) is 5.69 Å². The van der Waals surface area contributed by atoms with Gasteiger partial charge in [0, 0.05) is 12.6 Å². The number of nitrogens with zero attached hydrogens (tertiary/aromatic N) is 3. The molecule has 1 aromatic heterocycles. The Labute approximate surface area is 111 Å². The average molecular weight is 257 g/mol. The molecule has 0 bridgehead atoms. The van der Waals surface area contributed by atoms with Crippen molar-refractivity contribution in [3.63, 3.8) is 0 Å². The molecule has 0 aliphatic rings. The first kappa shape index (κ1) is 12.8. The minimum absolute atomic E-state index is 0.312. The monoisotopic (exact) mass is 257 g/mol. The SMILES string of the molecule is CCNc1nn(-c2cccc(OC)c2)c(N)c1C#N. The van der Waals surface area contributed by atoms with Crippen molar-refractivity contribution in [2.75, 3.05) is 24.7 Å². The number of nitriles is 1. The van der Waals surface area contributed by atoms with Crippen LogP contribution in [0, 0.1) is 11.3 Å². The minimum atomic E-state index is 0.312. The predicted octanol–water partition coefficient (Wildman–Crippen LogP) is 1.77. The third-order valence-corrected chi connectivity index (χ3v) is 2.68. The number of ether oxygens (including phenoxy) is 1. The fraction of sp³-hybridized carbons (Fsp3) is 0.231. The summed E-state index contributed by atoms with van der Waals surface area (Å²) in [4.78, 5) is 0. The van der Waals surface area contributed by atoms with Crippen molar-refractivity contribution in [2.45, 2.75) is 6.92 Å². The molecule has 0 unspecified atom stereocenters. The molecule has 0 aliphatic carbocycles. The second kappa shape index (κ2) is 5.31. The molecule has 0 saturated carbocycles. The van der Waals surface area contributed by atoms with Gasteiger partial charge < -0.3 is 15.8 Å². The van der Waals surface area contributed by atoms with E-state index in [1.165, 1.54) is 4.68 Å². The Morgan fingerprint density at radius 2 is 2.32 bits per heavy atom. The zero-order valence-corrected chi connectivity index (χ0v) is 10.8. The molecule has 2 rings (SSSR count). The summed E-state index contributed by atoms with van der Waals surface area (Å²) in [7, 11) is 1.59. The topological polar surface area (TPSA) is 88.9 Å². The second-order valence-electron chi connectivity index (χ2n) is 3.86. The van der Waals surface area contributed by atoms with Gasteiger partial charge in [-0.15, -0.1) is 5.10 Å². The van der Waals surface area contributed by atoms with Crippen LogP contribution in [0.3, 0.4) is 0 Å². The number of aromatic nitrogens is 2. The van der Waals surface area contributed by atoms with Crippen LogP contribution in [0.15, 0.2) is 24.3 Å². The van der Waals surface area contributed by atoms with Gasteiger partial charge in [0.15, 0.2) is 5.82 Å². The van der Waals surface area contributed by atoms with Crippen molar-refractivity contribution < 1.29 is 4.74 Å². The molecule has 0 atom stereocenters. The Balaban J connectivity index is 2.53. The molecule has 1 aromatic carbocycles. The number of nitrogens with two attached hydrogens (primary N) is 1. The van der Waals surface area contributed by atoms with Crippen molar-refractivity contribution in [3.8, 4) is 17.5 Å². The highest BCUT2D eigenvalue weighted by atomic mass is 16.5. The third-order valence-electron chi connectivity index (χ3n) is 2.68. The number of rotatable bonds is 4. The highest BCUT2D eigenvalue weighted by Gasteiger charge is 2.16. The number of nitrogen functional groups attached to an aromatic ring is 1. The second-order valence-corrected chi connectivity index (χ2v) is 3.86. The lowest BCUT2D eigenvalue weighted by molar-refractivity contribution is 0.414. The molecule has 0 amide bonds. The van der Waals surface area contributed by atoms with Crippen molar-refractivity contribution in [2.24, 2.45) is 0 Å². The molecule has 0 radical (unpaired) electrons. The largest absolute Gasteiger partial charge is 0.497 e. The van der Waals surface area contributed by atoms with E-state index >= 15 is 0 Å². The number of hydrogen-bond acceptors (Lipinski definition) is 5. The molecular formula is C13H15N5O. The van der Waals surface area contributed by atoms with Crippen molar-refractivity contribution >= 4 is 11.6 Å². The van der Waals surface area contributed by atoms with Crippen LogP contribution in [0.5, 0.6) is 5.75 Å². The Kier molecular flexibility index (Phi) is 3.57. The van der Waals surface area contributed by atoms with E-state index < -0.39 is 0 Å². The molecule has 19 heavy (non-hydrogen) atoms.